The summed E-state index contributed by atoms with van der Waals surface area (Å²) in [5, 5.41) is 0. The van der Waals surface area contributed by atoms with Crippen molar-refractivity contribution in [3.63, 3.8) is 0 Å². The highest BCUT2D eigenvalue weighted by Crippen LogP contribution is 2.44. The van der Waals surface area contributed by atoms with Gasteiger partial charge in [-0.15, -0.1) is 0 Å². The summed E-state index contributed by atoms with van der Waals surface area (Å²) in [4.78, 5) is 23.5. The van der Waals surface area contributed by atoms with Crippen LogP contribution in [0.4, 0.5) is 0 Å². The van der Waals surface area contributed by atoms with Gasteiger partial charge in [0.05, 0.1) is 10.7 Å². The Balaban J connectivity index is 2.84. The number of rotatable bonds is 0. The van der Waals surface area contributed by atoms with Crippen LogP contribution >= 0.6 is 0 Å². The number of carbonyl (C=O) groups excluding carboxylic acids is 2. The van der Waals surface area contributed by atoms with E-state index in [9.17, 15) is 18.0 Å². The van der Waals surface area contributed by atoms with Crippen LogP contribution in [0.15, 0.2) is 27.7 Å². The Labute approximate surface area is 112 Å². The van der Waals surface area contributed by atoms with Crippen LogP contribution in [0.25, 0.3) is 0 Å². The van der Waals surface area contributed by atoms with E-state index >= 15 is 0 Å². The molecule has 1 unspecified atom stereocenters. The number of hydrogen-bond donors (Lipinski definition) is 0. The monoisotopic (exact) mass is 280 g/mol. The van der Waals surface area contributed by atoms with Crippen LogP contribution < -0.4 is 0 Å². The summed E-state index contributed by atoms with van der Waals surface area (Å²) in [5.74, 6) is 0.911. The number of carbonyl (C=O) groups is 1. The number of Topliss-reactive ketones (excluding diaryl/α,β-unsaturated/α-hetero) is 1. The number of hydrogen-bond acceptors (Lipinski definition) is 4. The van der Waals surface area contributed by atoms with Gasteiger partial charge in [-0.1, -0.05) is 20.8 Å². The van der Waals surface area contributed by atoms with Crippen molar-refractivity contribution in [1.82, 2.24) is 0 Å². The van der Waals surface area contributed by atoms with Crippen LogP contribution in [0.2, 0.25) is 0 Å². The van der Waals surface area contributed by atoms with E-state index in [1.807, 2.05) is 0 Å². The Hall–Kier alpha value is -1.45. The molecule has 19 heavy (non-hydrogen) atoms. The molecule has 1 atom stereocenters. The fourth-order valence-electron chi connectivity index (χ4n) is 2.80. The van der Waals surface area contributed by atoms with Crippen molar-refractivity contribution in [2.24, 2.45) is 11.3 Å². The minimum absolute atomic E-state index is 0.114. The van der Waals surface area contributed by atoms with Crippen LogP contribution in [0.1, 0.15) is 27.7 Å². The first-order chi connectivity index (χ1) is 8.62. The molecule has 0 spiro atoms. The molecule has 1 heterocycles. The highest BCUT2D eigenvalue weighted by Gasteiger charge is 2.47. The van der Waals surface area contributed by atoms with Gasteiger partial charge in [0.25, 0.3) is 0 Å². The van der Waals surface area contributed by atoms with Gasteiger partial charge in [0.1, 0.15) is 5.94 Å². The van der Waals surface area contributed by atoms with Crippen LogP contribution in [0.3, 0.4) is 0 Å². The molecule has 1 aliphatic heterocycles. The maximum atomic E-state index is 12.5. The van der Waals surface area contributed by atoms with Gasteiger partial charge in [0, 0.05) is 22.5 Å². The number of sulfone groups is 1. The summed E-state index contributed by atoms with van der Waals surface area (Å²) in [7, 11) is -3.49. The molecule has 0 radical (unpaired) electrons. The van der Waals surface area contributed by atoms with E-state index in [-0.39, 0.29) is 22.0 Å². The molecule has 2 rings (SSSR count). The minimum atomic E-state index is -3.49. The molecule has 0 amide bonds. The molecule has 4 nitrogen and oxygen atoms in total. The largest absolute Gasteiger partial charge is 0.294 e. The van der Waals surface area contributed by atoms with E-state index in [1.54, 1.807) is 33.6 Å². The SMILES string of the molecule is CC1=CC(=C=O)C(C)C2=C1S(=O)(=O)CC(C)(C)C2=O. The van der Waals surface area contributed by atoms with Crippen molar-refractivity contribution >= 4 is 21.6 Å². The summed E-state index contributed by atoms with van der Waals surface area (Å²) < 4.78 is 24.7. The number of ketones is 1. The first kappa shape index (κ1) is 14.0. The van der Waals surface area contributed by atoms with Crippen molar-refractivity contribution in [3.05, 3.63) is 27.7 Å². The maximum Gasteiger partial charge on any atom is 0.180 e. The van der Waals surface area contributed by atoms with E-state index in [1.165, 1.54) is 6.08 Å². The summed E-state index contributed by atoms with van der Waals surface area (Å²) >= 11 is 0. The van der Waals surface area contributed by atoms with Crippen molar-refractivity contribution in [1.29, 1.82) is 0 Å². The topological polar surface area (TPSA) is 68.3 Å². The smallest absolute Gasteiger partial charge is 0.180 e. The lowest BCUT2D eigenvalue weighted by Crippen LogP contribution is -2.42. The molecule has 0 saturated carbocycles. The zero-order valence-electron chi connectivity index (χ0n) is 11.4. The Morgan fingerprint density at radius 1 is 1.37 bits per heavy atom. The van der Waals surface area contributed by atoms with Gasteiger partial charge < -0.3 is 0 Å². The maximum absolute atomic E-state index is 12.5. The van der Waals surface area contributed by atoms with Crippen molar-refractivity contribution in [3.8, 4) is 0 Å². The predicted octanol–water partition coefficient (Wildman–Crippen LogP) is 1.62. The summed E-state index contributed by atoms with van der Waals surface area (Å²) in [5.41, 5.74) is 0.0831. The quantitative estimate of drug-likeness (QED) is 0.632. The van der Waals surface area contributed by atoms with E-state index in [0.717, 1.165) is 0 Å². The Kier molecular flexibility index (Phi) is 2.96. The van der Waals surface area contributed by atoms with Crippen LogP contribution in [-0.4, -0.2) is 25.9 Å². The lowest BCUT2D eigenvalue weighted by atomic mass is 9.76. The first-order valence-electron chi connectivity index (χ1n) is 6.07. The van der Waals surface area contributed by atoms with Crippen LogP contribution in [0, 0.1) is 11.3 Å². The van der Waals surface area contributed by atoms with E-state index in [2.05, 4.69) is 0 Å². The molecule has 0 bridgehead atoms. The molecule has 2 aliphatic rings. The highest BCUT2D eigenvalue weighted by atomic mass is 32.2. The van der Waals surface area contributed by atoms with Gasteiger partial charge in [0.2, 0.25) is 0 Å². The van der Waals surface area contributed by atoms with Crippen LogP contribution in [-0.2, 0) is 19.4 Å². The Bertz CT molecular complexity index is 683. The van der Waals surface area contributed by atoms with E-state index in [4.69, 9.17) is 0 Å². The molecule has 1 aliphatic carbocycles. The fourth-order valence-corrected chi connectivity index (χ4v) is 5.18. The lowest BCUT2D eigenvalue weighted by molar-refractivity contribution is -0.122. The van der Waals surface area contributed by atoms with Crippen LogP contribution in [0.5, 0.6) is 0 Å². The van der Waals surface area contributed by atoms with Gasteiger partial charge in [-0.2, -0.15) is 0 Å². The second kappa shape index (κ2) is 4.02. The molecule has 0 saturated heterocycles. The van der Waals surface area contributed by atoms with E-state index < -0.39 is 21.2 Å². The first-order valence-corrected chi connectivity index (χ1v) is 7.72. The molecule has 0 fully saturated rings. The summed E-state index contributed by atoms with van der Waals surface area (Å²) in [6, 6.07) is 0. The standard InChI is InChI=1S/C14H16O4S/c1-8-5-10(6-15)9(2)11-12(8)19(17,18)7-14(3,4)13(11)16/h5,9H,7H2,1-4H3. The molecule has 0 N–H and O–H groups in total. The average Bonchev–Trinajstić information content (AvgIpc) is 2.27. The van der Waals surface area contributed by atoms with Gasteiger partial charge in [0.15, 0.2) is 15.6 Å². The Morgan fingerprint density at radius 2 is 1.95 bits per heavy atom. The van der Waals surface area contributed by atoms with Crippen molar-refractivity contribution in [2.45, 2.75) is 27.7 Å². The molecule has 102 valence electrons. The zero-order chi connectivity index (χ0) is 14.6. The zero-order valence-corrected chi connectivity index (χ0v) is 12.2. The van der Waals surface area contributed by atoms with Gasteiger partial charge in [-0.25, -0.2) is 13.2 Å². The normalized spacial score (nSPS) is 28.6. The van der Waals surface area contributed by atoms with Crippen molar-refractivity contribution < 1.29 is 18.0 Å². The lowest BCUT2D eigenvalue weighted by Gasteiger charge is -2.35. The molecule has 0 aromatic heterocycles. The second-order valence-corrected chi connectivity index (χ2v) is 7.75. The fraction of sp³-hybridized carbons (Fsp3) is 0.500. The predicted molar refractivity (Wildman–Crippen MR) is 71.7 cm³/mol. The third-order valence-corrected chi connectivity index (χ3v) is 5.98. The van der Waals surface area contributed by atoms with Gasteiger partial charge in [-0.05, 0) is 18.6 Å². The molecular formula is C14H16O4S. The molecule has 5 heteroatoms. The molecular weight excluding hydrogens is 264 g/mol. The summed E-state index contributed by atoms with van der Waals surface area (Å²) in [6.45, 7) is 6.54. The molecule has 0 aromatic rings. The summed E-state index contributed by atoms with van der Waals surface area (Å²) in [6.07, 6.45) is 1.51. The minimum Gasteiger partial charge on any atom is -0.294 e. The second-order valence-electron chi connectivity index (χ2n) is 5.82. The van der Waals surface area contributed by atoms with E-state index in [0.29, 0.717) is 11.1 Å². The van der Waals surface area contributed by atoms with Crippen molar-refractivity contribution in [2.75, 3.05) is 5.75 Å². The molecule has 0 aromatic carbocycles. The average molecular weight is 280 g/mol. The Morgan fingerprint density at radius 3 is 2.47 bits per heavy atom. The van der Waals surface area contributed by atoms with Gasteiger partial charge in [-0.3, -0.25) is 4.79 Å². The van der Waals surface area contributed by atoms with Gasteiger partial charge >= 0.3 is 0 Å². The third-order valence-electron chi connectivity index (χ3n) is 3.71. The highest BCUT2D eigenvalue weighted by molar-refractivity contribution is 7.95. The third kappa shape index (κ3) is 1.94. The number of allylic oxidation sites excluding steroid dienone is 4.